The minimum absolute atomic E-state index is 0.0110. The number of carbonyl (C=O) groups excluding carboxylic acids is 3. The maximum atomic E-state index is 12.4. The number of alkyl halides is 2. The number of para-hydroxylation sites is 2. The van der Waals surface area contributed by atoms with E-state index in [1.54, 1.807) is 24.3 Å². The lowest BCUT2D eigenvalue weighted by Crippen LogP contribution is -2.36. The summed E-state index contributed by atoms with van der Waals surface area (Å²) in [5.74, 6) is -2.14. The molecule has 0 aliphatic rings. The van der Waals surface area contributed by atoms with E-state index in [2.05, 4.69) is 15.4 Å². The predicted octanol–water partition coefficient (Wildman–Crippen LogP) is 2.52. The SMILES string of the molecule is C[C@@H](OC(=O)CNC(=O)Cc1ccccc1)C(=O)Nc1ccccc1OC(F)F. The summed E-state index contributed by atoms with van der Waals surface area (Å²) in [6, 6.07) is 14.6. The number of esters is 1. The lowest BCUT2D eigenvalue weighted by Gasteiger charge is -2.16. The number of nitrogens with one attached hydrogen (secondary N) is 2. The van der Waals surface area contributed by atoms with Gasteiger partial charge in [-0.1, -0.05) is 42.5 Å². The number of halogens is 2. The van der Waals surface area contributed by atoms with Crippen molar-refractivity contribution in [3.8, 4) is 5.75 Å². The van der Waals surface area contributed by atoms with Crippen molar-refractivity contribution in [2.45, 2.75) is 26.1 Å². The molecule has 0 unspecified atom stereocenters. The van der Waals surface area contributed by atoms with E-state index < -0.39 is 31.1 Å². The van der Waals surface area contributed by atoms with Gasteiger partial charge < -0.3 is 20.1 Å². The maximum absolute atomic E-state index is 12.4. The molecule has 1 atom stereocenters. The first kappa shape index (κ1) is 21.8. The highest BCUT2D eigenvalue weighted by Crippen LogP contribution is 2.25. The second-order valence-electron chi connectivity index (χ2n) is 5.94. The van der Waals surface area contributed by atoms with E-state index in [1.165, 1.54) is 31.2 Å². The van der Waals surface area contributed by atoms with Gasteiger partial charge in [-0.15, -0.1) is 0 Å². The van der Waals surface area contributed by atoms with Crippen LogP contribution in [0.25, 0.3) is 0 Å². The van der Waals surface area contributed by atoms with E-state index in [4.69, 9.17) is 4.74 Å². The third-order valence-corrected chi connectivity index (χ3v) is 3.68. The minimum atomic E-state index is -3.05. The molecule has 0 saturated heterocycles. The summed E-state index contributed by atoms with van der Waals surface area (Å²) in [6.07, 6.45) is -1.11. The predicted molar refractivity (Wildman–Crippen MR) is 100 cm³/mol. The molecule has 2 aromatic rings. The van der Waals surface area contributed by atoms with Crippen molar-refractivity contribution >= 4 is 23.5 Å². The van der Waals surface area contributed by atoms with Crippen molar-refractivity contribution in [2.24, 2.45) is 0 Å². The molecule has 0 radical (unpaired) electrons. The number of amides is 2. The van der Waals surface area contributed by atoms with Crippen LogP contribution in [0.15, 0.2) is 54.6 Å². The fourth-order valence-electron chi connectivity index (χ4n) is 2.31. The third kappa shape index (κ3) is 7.57. The van der Waals surface area contributed by atoms with Crippen LogP contribution in [0.3, 0.4) is 0 Å². The van der Waals surface area contributed by atoms with Crippen molar-refractivity contribution < 1.29 is 32.6 Å². The zero-order chi connectivity index (χ0) is 21.2. The van der Waals surface area contributed by atoms with Gasteiger partial charge in [-0.2, -0.15) is 8.78 Å². The molecule has 29 heavy (non-hydrogen) atoms. The second-order valence-corrected chi connectivity index (χ2v) is 5.94. The first-order chi connectivity index (χ1) is 13.8. The Kier molecular flexibility index (Phi) is 8.08. The highest BCUT2D eigenvalue weighted by Gasteiger charge is 2.20. The van der Waals surface area contributed by atoms with Gasteiger partial charge >= 0.3 is 12.6 Å². The summed E-state index contributed by atoms with van der Waals surface area (Å²) < 4.78 is 34.1. The maximum Gasteiger partial charge on any atom is 0.387 e. The topological polar surface area (TPSA) is 93.7 Å². The zero-order valence-corrected chi connectivity index (χ0v) is 15.6. The van der Waals surface area contributed by atoms with E-state index in [1.807, 2.05) is 6.07 Å². The molecule has 0 spiro atoms. The minimum Gasteiger partial charge on any atom is -0.451 e. The quantitative estimate of drug-likeness (QED) is 0.624. The molecular formula is C20H20F2N2O5. The van der Waals surface area contributed by atoms with Gasteiger partial charge in [0.2, 0.25) is 5.91 Å². The molecule has 2 aromatic carbocycles. The normalized spacial score (nSPS) is 11.4. The molecule has 0 aliphatic heterocycles. The fraction of sp³-hybridized carbons (Fsp3) is 0.250. The Hall–Kier alpha value is -3.49. The van der Waals surface area contributed by atoms with Gasteiger partial charge in [0.1, 0.15) is 12.3 Å². The molecule has 9 heteroatoms. The number of hydrogen-bond acceptors (Lipinski definition) is 5. The Morgan fingerprint density at radius 3 is 2.34 bits per heavy atom. The lowest BCUT2D eigenvalue weighted by molar-refractivity contribution is -0.152. The summed E-state index contributed by atoms with van der Waals surface area (Å²) in [5.41, 5.74) is 0.799. The largest absolute Gasteiger partial charge is 0.451 e. The van der Waals surface area contributed by atoms with Gasteiger partial charge in [-0.25, -0.2) is 0 Å². The second kappa shape index (κ2) is 10.7. The Morgan fingerprint density at radius 1 is 1.00 bits per heavy atom. The summed E-state index contributed by atoms with van der Waals surface area (Å²) in [4.78, 5) is 35.8. The molecule has 2 rings (SSSR count). The summed E-state index contributed by atoms with van der Waals surface area (Å²) in [7, 11) is 0. The Morgan fingerprint density at radius 2 is 1.66 bits per heavy atom. The average Bonchev–Trinajstić information content (AvgIpc) is 2.68. The zero-order valence-electron chi connectivity index (χ0n) is 15.6. The van der Waals surface area contributed by atoms with Crippen LogP contribution < -0.4 is 15.4 Å². The molecule has 2 N–H and O–H groups in total. The van der Waals surface area contributed by atoms with Crippen LogP contribution in [0.5, 0.6) is 5.75 Å². The average molecular weight is 406 g/mol. The van der Waals surface area contributed by atoms with Gasteiger partial charge in [0, 0.05) is 0 Å². The van der Waals surface area contributed by atoms with Crippen molar-refractivity contribution in [1.29, 1.82) is 0 Å². The smallest absolute Gasteiger partial charge is 0.387 e. The Balaban J connectivity index is 1.80. The summed E-state index contributed by atoms with van der Waals surface area (Å²) in [6.45, 7) is -2.15. The highest BCUT2D eigenvalue weighted by molar-refractivity contribution is 5.96. The van der Waals surface area contributed by atoms with Crippen LogP contribution >= 0.6 is 0 Å². The first-order valence-corrected chi connectivity index (χ1v) is 8.70. The van der Waals surface area contributed by atoms with Crippen molar-refractivity contribution in [3.05, 3.63) is 60.2 Å². The number of ether oxygens (including phenoxy) is 2. The lowest BCUT2D eigenvalue weighted by atomic mass is 10.1. The number of carbonyl (C=O) groups is 3. The van der Waals surface area contributed by atoms with Gasteiger partial charge in [0.25, 0.3) is 5.91 Å². The molecule has 0 bridgehead atoms. The van der Waals surface area contributed by atoms with Crippen molar-refractivity contribution in [3.63, 3.8) is 0 Å². The van der Waals surface area contributed by atoms with Crippen LogP contribution in [0.1, 0.15) is 12.5 Å². The monoisotopic (exact) mass is 406 g/mol. The van der Waals surface area contributed by atoms with E-state index in [-0.39, 0.29) is 23.8 Å². The highest BCUT2D eigenvalue weighted by atomic mass is 19.3. The van der Waals surface area contributed by atoms with Crippen LogP contribution in [-0.4, -0.2) is 37.0 Å². The van der Waals surface area contributed by atoms with Crippen LogP contribution in [0.4, 0.5) is 14.5 Å². The number of hydrogen-bond donors (Lipinski definition) is 2. The molecule has 0 fully saturated rings. The van der Waals surface area contributed by atoms with Crippen molar-refractivity contribution in [2.75, 3.05) is 11.9 Å². The summed E-state index contributed by atoms with van der Waals surface area (Å²) in [5, 5.41) is 4.76. The number of benzene rings is 2. The van der Waals surface area contributed by atoms with E-state index >= 15 is 0 Å². The summed E-state index contributed by atoms with van der Waals surface area (Å²) >= 11 is 0. The molecule has 0 saturated carbocycles. The Bertz CT molecular complexity index is 846. The van der Waals surface area contributed by atoms with Gasteiger partial charge in [0.05, 0.1) is 12.1 Å². The molecule has 0 heterocycles. The van der Waals surface area contributed by atoms with Gasteiger partial charge in [-0.05, 0) is 24.6 Å². The first-order valence-electron chi connectivity index (χ1n) is 8.70. The van der Waals surface area contributed by atoms with Crippen LogP contribution in [-0.2, 0) is 25.5 Å². The van der Waals surface area contributed by atoms with Gasteiger partial charge in [0.15, 0.2) is 6.10 Å². The molecule has 0 aromatic heterocycles. The van der Waals surface area contributed by atoms with Crippen molar-refractivity contribution in [1.82, 2.24) is 5.32 Å². The third-order valence-electron chi connectivity index (χ3n) is 3.68. The standard InChI is InChI=1S/C20H20F2N2O5/c1-13(19(27)24-15-9-5-6-10-16(15)29-20(21)22)28-18(26)12-23-17(25)11-14-7-3-2-4-8-14/h2-10,13,20H,11-12H2,1H3,(H,23,25)(H,24,27)/t13-/m1/s1. The molecule has 154 valence electrons. The van der Waals surface area contributed by atoms with E-state index in [0.717, 1.165) is 5.56 Å². The fourth-order valence-corrected chi connectivity index (χ4v) is 2.31. The molecular weight excluding hydrogens is 386 g/mol. The van der Waals surface area contributed by atoms with Gasteiger partial charge in [-0.3, -0.25) is 14.4 Å². The Labute approximate surface area is 166 Å². The number of anilines is 1. The molecule has 0 aliphatic carbocycles. The van der Waals surface area contributed by atoms with Crippen LogP contribution in [0.2, 0.25) is 0 Å². The van der Waals surface area contributed by atoms with Crippen LogP contribution in [0, 0.1) is 0 Å². The van der Waals surface area contributed by atoms with E-state index in [0.29, 0.717) is 0 Å². The number of rotatable bonds is 9. The van der Waals surface area contributed by atoms with E-state index in [9.17, 15) is 23.2 Å². The molecule has 2 amide bonds. The molecule has 7 nitrogen and oxygen atoms in total.